The first kappa shape index (κ1) is 15.5. The average Bonchev–Trinajstić information content (AvgIpc) is 3.11. The summed E-state index contributed by atoms with van der Waals surface area (Å²) in [7, 11) is 0. The molecule has 7 heteroatoms. The first-order chi connectivity index (χ1) is 12.6. The molecule has 0 saturated carbocycles. The summed E-state index contributed by atoms with van der Waals surface area (Å²) in [5.41, 5.74) is 3.09. The Kier molecular flexibility index (Phi) is 3.37. The van der Waals surface area contributed by atoms with Gasteiger partial charge in [0, 0.05) is 17.1 Å². The molecule has 4 aromatic rings. The number of anilines is 2. The van der Waals surface area contributed by atoms with Crippen molar-refractivity contribution in [3.05, 3.63) is 59.1 Å². The van der Waals surface area contributed by atoms with Gasteiger partial charge in [0.25, 0.3) is 5.78 Å². The van der Waals surface area contributed by atoms with Crippen LogP contribution >= 0.6 is 11.6 Å². The van der Waals surface area contributed by atoms with Crippen LogP contribution < -0.4 is 4.90 Å². The van der Waals surface area contributed by atoms with Crippen molar-refractivity contribution in [2.45, 2.75) is 25.8 Å². The molecule has 0 radical (unpaired) electrons. The molecule has 0 N–H and O–H groups in total. The van der Waals surface area contributed by atoms with Gasteiger partial charge in [0.2, 0.25) is 0 Å². The van der Waals surface area contributed by atoms with Crippen LogP contribution in [0, 0.1) is 5.82 Å². The molecule has 2 aromatic heterocycles. The SMILES string of the molecule is C[C@@H]1CCc2ccccc2N1c1nc2nncn2c2cc(Cl)c(F)cc12. The molecule has 2 aromatic carbocycles. The number of aromatic nitrogens is 4. The molecule has 0 unspecified atom stereocenters. The van der Waals surface area contributed by atoms with Gasteiger partial charge in [-0.2, -0.15) is 4.98 Å². The second-order valence-corrected chi connectivity index (χ2v) is 7.01. The summed E-state index contributed by atoms with van der Waals surface area (Å²) < 4.78 is 16.0. The summed E-state index contributed by atoms with van der Waals surface area (Å²) in [6.07, 6.45) is 3.57. The van der Waals surface area contributed by atoms with Gasteiger partial charge in [-0.1, -0.05) is 29.8 Å². The van der Waals surface area contributed by atoms with E-state index in [1.54, 1.807) is 16.8 Å². The zero-order valence-corrected chi connectivity index (χ0v) is 14.8. The first-order valence-electron chi connectivity index (χ1n) is 8.49. The van der Waals surface area contributed by atoms with Gasteiger partial charge in [0.1, 0.15) is 18.0 Å². The quantitative estimate of drug-likeness (QED) is 0.495. The zero-order valence-electron chi connectivity index (χ0n) is 14.0. The Balaban J connectivity index is 1.87. The summed E-state index contributed by atoms with van der Waals surface area (Å²) in [6, 6.07) is 11.5. The molecule has 1 aliphatic rings. The topological polar surface area (TPSA) is 46.3 Å². The van der Waals surface area contributed by atoms with Crippen molar-refractivity contribution >= 4 is 39.8 Å². The molecular weight excluding hydrogens is 353 g/mol. The van der Waals surface area contributed by atoms with E-state index in [1.807, 2.05) is 12.1 Å². The van der Waals surface area contributed by atoms with Gasteiger partial charge in [-0.25, -0.2) is 4.39 Å². The third-order valence-electron chi connectivity index (χ3n) is 5.03. The standard InChI is InChI=1S/C19H15ClFN5/c1-11-6-7-12-4-2-3-5-16(12)26(11)18-13-8-15(21)14(20)9-17(13)25-10-22-24-19(25)23-18/h2-5,8-11H,6-7H2,1H3/t11-/m1/s1. The lowest BCUT2D eigenvalue weighted by Crippen LogP contribution is -2.34. The molecule has 5 nitrogen and oxygen atoms in total. The van der Waals surface area contributed by atoms with E-state index in [0.717, 1.165) is 24.0 Å². The highest BCUT2D eigenvalue weighted by Gasteiger charge is 2.27. The van der Waals surface area contributed by atoms with Crippen molar-refractivity contribution < 1.29 is 4.39 Å². The maximum absolute atomic E-state index is 14.3. The van der Waals surface area contributed by atoms with Crippen LogP contribution in [0.1, 0.15) is 18.9 Å². The van der Waals surface area contributed by atoms with E-state index in [0.29, 0.717) is 17.0 Å². The van der Waals surface area contributed by atoms with Crippen LogP contribution in [0.25, 0.3) is 16.7 Å². The molecule has 3 heterocycles. The number of para-hydroxylation sites is 1. The Bertz CT molecular complexity index is 1160. The highest BCUT2D eigenvalue weighted by atomic mass is 35.5. The van der Waals surface area contributed by atoms with Gasteiger partial charge >= 0.3 is 0 Å². The minimum Gasteiger partial charge on any atom is -0.323 e. The summed E-state index contributed by atoms with van der Waals surface area (Å²) >= 11 is 6.04. The van der Waals surface area contributed by atoms with E-state index < -0.39 is 5.82 Å². The van der Waals surface area contributed by atoms with Crippen LogP contribution in [0.2, 0.25) is 5.02 Å². The number of benzene rings is 2. The summed E-state index contributed by atoms with van der Waals surface area (Å²) in [4.78, 5) is 6.88. The maximum atomic E-state index is 14.3. The number of hydrogen-bond donors (Lipinski definition) is 0. The van der Waals surface area contributed by atoms with Gasteiger partial charge in [0.05, 0.1) is 10.5 Å². The van der Waals surface area contributed by atoms with E-state index in [9.17, 15) is 4.39 Å². The van der Waals surface area contributed by atoms with E-state index in [1.165, 1.54) is 11.6 Å². The molecular formula is C19H15ClFN5. The first-order valence-corrected chi connectivity index (χ1v) is 8.87. The molecule has 1 aliphatic heterocycles. The van der Waals surface area contributed by atoms with Crippen molar-refractivity contribution in [2.75, 3.05) is 4.90 Å². The van der Waals surface area contributed by atoms with Crippen LogP contribution in [-0.2, 0) is 6.42 Å². The minimum atomic E-state index is -0.465. The molecule has 26 heavy (non-hydrogen) atoms. The predicted octanol–water partition coefficient (Wildman–Crippen LogP) is 4.54. The Morgan fingerprint density at radius 1 is 1.23 bits per heavy atom. The van der Waals surface area contributed by atoms with Crippen molar-refractivity contribution in [3.63, 3.8) is 0 Å². The van der Waals surface area contributed by atoms with Crippen molar-refractivity contribution in [1.29, 1.82) is 0 Å². The number of hydrogen-bond acceptors (Lipinski definition) is 4. The molecule has 0 aliphatic carbocycles. The number of fused-ring (bicyclic) bond motifs is 4. The van der Waals surface area contributed by atoms with Gasteiger partial charge in [0.15, 0.2) is 0 Å². The molecule has 0 fully saturated rings. The van der Waals surface area contributed by atoms with Crippen molar-refractivity contribution in [3.8, 4) is 0 Å². The molecule has 5 rings (SSSR count). The third-order valence-corrected chi connectivity index (χ3v) is 5.32. The number of halogens is 2. The fourth-order valence-corrected chi connectivity index (χ4v) is 3.90. The third kappa shape index (κ3) is 2.18. The lowest BCUT2D eigenvalue weighted by Gasteiger charge is -2.36. The number of aryl methyl sites for hydroxylation is 1. The fraction of sp³-hybridized carbons (Fsp3) is 0.211. The van der Waals surface area contributed by atoms with Crippen molar-refractivity contribution in [1.82, 2.24) is 19.6 Å². The van der Waals surface area contributed by atoms with Gasteiger partial charge in [-0.3, -0.25) is 4.40 Å². The van der Waals surface area contributed by atoms with E-state index in [2.05, 4.69) is 34.2 Å². The van der Waals surface area contributed by atoms with E-state index >= 15 is 0 Å². The minimum absolute atomic E-state index is 0.0664. The van der Waals surface area contributed by atoms with E-state index in [4.69, 9.17) is 16.6 Å². The largest absolute Gasteiger partial charge is 0.323 e. The molecule has 0 spiro atoms. The monoisotopic (exact) mass is 367 g/mol. The summed E-state index contributed by atoms with van der Waals surface area (Å²) in [5.74, 6) is 0.675. The molecule has 0 amide bonds. The van der Waals surface area contributed by atoms with Crippen LogP contribution in [-0.4, -0.2) is 25.6 Å². The second kappa shape index (κ2) is 5.64. The Morgan fingerprint density at radius 3 is 2.96 bits per heavy atom. The summed E-state index contributed by atoms with van der Waals surface area (Å²) in [5, 5.41) is 8.79. The normalized spacial score (nSPS) is 17.0. The fourth-order valence-electron chi connectivity index (χ4n) is 3.74. The highest BCUT2D eigenvalue weighted by Crippen LogP contribution is 2.39. The molecule has 1 atom stereocenters. The van der Waals surface area contributed by atoms with Gasteiger partial charge < -0.3 is 4.90 Å². The van der Waals surface area contributed by atoms with Crippen LogP contribution in [0.3, 0.4) is 0 Å². The van der Waals surface area contributed by atoms with Gasteiger partial charge in [-0.15, -0.1) is 10.2 Å². The summed E-state index contributed by atoms with van der Waals surface area (Å²) in [6.45, 7) is 2.16. The van der Waals surface area contributed by atoms with Crippen LogP contribution in [0.5, 0.6) is 0 Å². The molecule has 130 valence electrons. The maximum Gasteiger partial charge on any atom is 0.257 e. The molecule has 0 bridgehead atoms. The lowest BCUT2D eigenvalue weighted by molar-refractivity contribution is 0.614. The van der Waals surface area contributed by atoms with E-state index in [-0.39, 0.29) is 11.1 Å². The Labute approximate surface area is 154 Å². The van der Waals surface area contributed by atoms with Crippen molar-refractivity contribution in [2.24, 2.45) is 0 Å². The Hall–Kier alpha value is -2.73. The lowest BCUT2D eigenvalue weighted by atomic mass is 9.96. The van der Waals surface area contributed by atoms with Crippen LogP contribution in [0.15, 0.2) is 42.7 Å². The second-order valence-electron chi connectivity index (χ2n) is 6.61. The highest BCUT2D eigenvalue weighted by molar-refractivity contribution is 6.31. The average molecular weight is 368 g/mol. The number of nitrogens with zero attached hydrogens (tertiary/aromatic N) is 5. The molecule has 0 saturated heterocycles. The van der Waals surface area contributed by atoms with Crippen LogP contribution in [0.4, 0.5) is 15.9 Å². The predicted molar refractivity (Wildman–Crippen MR) is 99.6 cm³/mol. The number of rotatable bonds is 1. The zero-order chi connectivity index (χ0) is 17.8. The Morgan fingerprint density at radius 2 is 2.08 bits per heavy atom. The van der Waals surface area contributed by atoms with Gasteiger partial charge in [-0.05, 0) is 43.5 Å². The smallest absolute Gasteiger partial charge is 0.257 e.